The third kappa shape index (κ3) is 4.27. The Morgan fingerprint density at radius 3 is 2.53 bits per heavy atom. The highest BCUT2D eigenvalue weighted by Crippen LogP contribution is 2.23. The van der Waals surface area contributed by atoms with Crippen LogP contribution in [0.1, 0.15) is 26.3 Å². The third-order valence-corrected chi connectivity index (χ3v) is 2.58. The summed E-state index contributed by atoms with van der Waals surface area (Å²) in [6, 6.07) is 6.22. The van der Waals surface area contributed by atoms with E-state index in [4.69, 9.17) is 4.74 Å². The molecule has 0 aliphatic carbocycles. The second-order valence-corrected chi connectivity index (χ2v) is 4.95. The molecule has 0 saturated heterocycles. The van der Waals surface area contributed by atoms with Crippen molar-refractivity contribution in [3.63, 3.8) is 0 Å². The largest absolute Gasteiger partial charge is 0.494 e. The van der Waals surface area contributed by atoms with Gasteiger partial charge in [0.15, 0.2) is 0 Å². The molecule has 0 spiro atoms. The summed E-state index contributed by atoms with van der Waals surface area (Å²) in [4.78, 5) is 0. The maximum Gasteiger partial charge on any atom is 0.122 e. The summed E-state index contributed by atoms with van der Waals surface area (Å²) in [5.74, 6) is 0.962. The van der Waals surface area contributed by atoms with E-state index in [1.807, 2.05) is 20.0 Å². The van der Waals surface area contributed by atoms with E-state index < -0.39 is 0 Å². The highest BCUT2D eigenvalue weighted by molar-refractivity contribution is 5.52. The highest BCUT2D eigenvalue weighted by atomic mass is 16.5. The summed E-state index contributed by atoms with van der Waals surface area (Å²) in [5.41, 5.74) is 2.33. The topological polar surface area (TPSA) is 33.3 Å². The Balaban J connectivity index is 2.76. The monoisotopic (exact) mass is 236 g/mol. The van der Waals surface area contributed by atoms with Crippen LogP contribution in [-0.2, 0) is 0 Å². The van der Waals surface area contributed by atoms with E-state index in [-0.39, 0.29) is 5.54 Å². The molecular formula is C14H24N2O. The molecule has 17 heavy (non-hydrogen) atoms. The van der Waals surface area contributed by atoms with Gasteiger partial charge in [-0.15, -0.1) is 0 Å². The molecule has 96 valence electrons. The van der Waals surface area contributed by atoms with E-state index in [0.29, 0.717) is 6.61 Å². The standard InChI is InChI=1S/C14H24N2O/c1-6-17-13-8-7-12(9-11(13)2)16-14(3,4)10-15-5/h7-9,15-16H,6,10H2,1-5H3. The minimum Gasteiger partial charge on any atom is -0.494 e. The summed E-state index contributed by atoms with van der Waals surface area (Å²) >= 11 is 0. The van der Waals surface area contributed by atoms with Gasteiger partial charge in [0.1, 0.15) is 5.75 Å². The van der Waals surface area contributed by atoms with Gasteiger partial charge in [-0.2, -0.15) is 0 Å². The van der Waals surface area contributed by atoms with Crippen LogP contribution in [0.2, 0.25) is 0 Å². The predicted molar refractivity (Wildman–Crippen MR) is 74.0 cm³/mol. The molecule has 0 unspecified atom stereocenters. The smallest absolute Gasteiger partial charge is 0.122 e. The molecule has 0 saturated carbocycles. The summed E-state index contributed by atoms with van der Waals surface area (Å²) < 4.78 is 5.53. The number of benzene rings is 1. The van der Waals surface area contributed by atoms with E-state index in [2.05, 4.69) is 43.5 Å². The van der Waals surface area contributed by atoms with E-state index in [1.54, 1.807) is 0 Å². The minimum absolute atomic E-state index is 0.0360. The van der Waals surface area contributed by atoms with Gasteiger partial charge in [0.25, 0.3) is 0 Å². The van der Waals surface area contributed by atoms with E-state index in [0.717, 1.165) is 23.5 Å². The van der Waals surface area contributed by atoms with Crippen LogP contribution in [0.4, 0.5) is 5.69 Å². The van der Waals surface area contributed by atoms with Gasteiger partial charge in [-0.1, -0.05) is 0 Å². The Morgan fingerprint density at radius 1 is 1.29 bits per heavy atom. The molecule has 0 aliphatic heterocycles. The lowest BCUT2D eigenvalue weighted by atomic mass is 10.0. The molecule has 0 aromatic heterocycles. The van der Waals surface area contributed by atoms with Crippen molar-refractivity contribution in [1.29, 1.82) is 0 Å². The highest BCUT2D eigenvalue weighted by Gasteiger charge is 2.16. The second-order valence-electron chi connectivity index (χ2n) is 4.95. The zero-order valence-electron chi connectivity index (χ0n) is 11.6. The lowest BCUT2D eigenvalue weighted by Gasteiger charge is -2.27. The van der Waals surface area contributed by atoms with Crippen molar-refractivity contribution in [1.82, 2.24) is 5.32 Å². The van der Waals surface area contributed by atoms with Crippen molar-refractivity contribution in [3.8, 4) is 5.75 Å². The average Bonchev–Trinajstić information content (AvgIpc) is 2.21. The SMILES string of the molecule is CCOc1ccc(NC(C)(C)CNC)cc1C. The molecule has 0 fully saturated rings. The molecule has 1 aromatic carbocycles. The van der Waals surface area contributed by atoms with Crippen molar-refractivity contribution < 1.29 is 4.74 Å². The third-order valence-electron chi connectivity index (χ3n) is 2.58. The molecule has 0 radical (unpaired) electrons. The fraction of sp³-hybridized carbons (Fsp3) is 0.571. The lowest BCUT2D eigenvalue weighted by Crippen LogP contribution is -2.40. The van der Waals surface area contributed by atoms with Crippen LogP contribution in [0.15, 0.2) is 18.2 Å². The van der Waals surface area contributed by atoms with Crippen molar-refractivity contribution in [2.75, 3.05) is 25.5 Å². The molecule has 0 amide bonds. The van der Waals surface area contributed by atoms with Crippen LogP contribution in [0.25, 0.3) is 0 Å². The Bertz CT molecular complexity index is 361. The molecule has 3 heteroatoms. The van der Waals surface area contributed by atoms with Gasteiger partial charge >= 0.3 is 0 Å². The quantitative estimate of drug-likeness (QED) is 0.797. The van der Waals surface area contributed by atoms with E-state index in [9.17, 15) is 0 Å². The van der Waals surface area contributed by atoms with Crippen LogP contribution in [0.3, 0.4) is 0 Å². The summed E-state index contributed by atoms with van der Waals surface area (Å²) in [7, 11) is 1.97. The number of nitrogens with one attached hydrogen (secondary N) is 2. The maximum absolute atomic E-state index is 5.53. The normalized spacial score (nSPS) is 11.4. The first kappa shape index (κ1) is 13.8. The molecule has 3 nitrogen and oxygen atoms in total. The van der Waals surface area contributed by atoms with Crippen molar-refractivity contribution in [3.05, 3.63) is 23.8 Å². The number of rotatable bonds is 6. The molecule has 1 rings (SSSR count). The van der Waals surface area contributed by atoms with Gasteiger partial charge in [-0.25, -0.2) is 0 Å². The van der Waals surface area contributed by atoms with Crippen LogP contribution in [0, 0.1) is 6.92 Å². The van der Waals surface area contributed by atoms with Gasteiger partial charge < -0.3 is 15.4 Å². The molecule has 0 heterocycles. The van der Waals surface area contributed by atoms with Crippen molar-refractivity contribution >= 4 is 5.69 Å². The number of ether oxygens (including phenoxy) is 1. The zero-order chi connectivity index (χ0) is 12.9. The Hall–Kier alpha value is -1.22. The molecule has 0 atom stereocenters. The van der Waals surface area contributed by atoms with Gasteiger partial charge in [0.2, 0.25) is 0 Å². The van der Waals surface area contributed by atoms with Crippen molar-refractivity contribution in [2.45, 2.75) is 33.2 Å². The van der Waals surface area contributed by atoms with Crippen LogP contribution < -0.4 is 15.4 Å². The number of likely N-dealkylation sites (N-methyl/N-ethyl adjacent to an activating group) is 1. The predicted octanol–water partition coefficient (Wildman–Crippen LogP) is 2.80. The first-order valence-electron chi connectivity index (χ1n) is 6.15. The summed E-state index contributed by atoms with van der Waals surface area (Å²) in [6.45, 7) is 10.0. The molecule has 1 aromatic rings. The molecule has 0 bridgehead atoms. The summed E-state index contributed by atoms with van der Waals surface area (Å²) in [6.07, 6.45) is 0. The minimum atomic E-state index is 0.0360. The first-order chi connectivity index (χ1) is 7.98. The van der Waals surface area contributed by atoms with E-state index in [1.165, 1.54) is 0 Å². The zero-order valence-corrected chi connectivity index (χ0v) is 11.6. The van der Waals surface area contributed by atoms with Crippen LogP contribution >= 0.6 is 0 Å². The van der Waals surface area contributed by atoms with Crippen LogP contribution in [0.5, 0.6) is 5.75 Å². The Labute approximate surface area is 105 Å². The average molecular weight is 236 g/mol. The Morgan fingerprint density at radius 2 is 2.00 bits per heavy atom. The first-order valence-corrected chi connectivity index (χ1v) is 6.15. The number of hydrogen-bond donors (Lipinski definition) is 2. The van der Waals surface area contributed by atoms with Gasteiger partial charge in [0, 0.05) is 17.8 Å². The van der Waals surface area contributed by atoms with Gasteiger partial charge in [-0.3, -0.25) is 0 Å². The van der Waals surface area contributed by atoms with E-state index >= 15 is 0 Å². The fourth-order valence-electron chi connectivity index (χ4n) is 1.92. The Kier molecular flexibility index (Phi) is 4.82. The second kappa shape index (κ2) is 5.92. The summed E-state index contributed by atoms with van der Waals surface area (Å²) in [5, 5.41) is 6.70. The molecule has 2 N–H and O–H groups in total. The lowest BCUT2D eigenvalue weighted by molar-refractivity contribution is 0.338. The maximum atomic E-state index is 5.53. The number of aryl methyl sites for hydroxylation is 1. The van der Waals surface area contributed by atoms with Crippen molar-refractivity contribution in [2.24, 2.45) is 0 Å². The van der Waals surface area contributed by atoms with Gasteiger partial charge in [0.05, 0.1) is 6.61 Å². The van der Waals surface area contributed by atoms with Crippen LogP contribution in [-0.4, -0.2) is 25.7 Å². The number of hydrogen-bond acceptors (Lipinski definition) is 3. The number of anilines is 1. The fourth-order valence-corrected chi connectivity index (χ4v) is 1.92. The molecular weight excluding hydrogens is 212 g/mol. The molecule has 0 aliphatic rings. The van der Waals surface area contributed by atoms with Gasteiger partial charge in [-0.05, 0) is 58.5 Å².